The number of amides is 3. The number of rotatable bonds is 5. The fourth-order valence-electron chi connectivity index (χ4n) is 3.52. The lowest BCUT2D eigenvalue weighted by atomic mass is 10.1. The second-order valence-electron chi connectivity index (χ2n) is 7.56. The molecule has 1 heterocycles. The highest BCUT2D eigenvalue weighted by Gasteiger charge is 2.41. The summed E-state index contributed by atoms with van der Waals surface area (Å²) in [6, 6.07) is 11.8. The third kappa shape index (κ3) is 4.95. The van der Waals surface area contributed by atoms with Crippen molar-refractivity contribution in [2.45, 2.75) is 18.6 Å². The van der Waals surface area contributed by atoms with Gasteiger partial charge in [0.05, 0.1) is 35.8 Å². The van der Waals surface area contributed by atoms with Crippen LogP contribution in [0.1, 0.15) is 16.8 Å². The summed E-state index contributed by atoms with van der Waals surface area (Å²) in [4.78, 5) is 40.9. The van der Waals surface area contributed by atoms with Crippen LogP contribution in [0.5, 0.6) is 0 Å². The van der Waals surface area contributed by atoms with E-state index in [0.717, 1.165) is 4.42 Å². The molecule has 0 bridgehead atoms. The molecule has 0 aliphatic carbocycles. The van der Waals surface area contributed by atoms with Gasteiger partial charge in [0.15, 0.2) is 0 Å². The fourth-order valence-corrected chi connectivity index (χ4v) is 3.73. The van der Waals surface area contributed by atoms with Gasteiger partial charge in [0.2, 0.25) is 5.91 Å². The average molecular weight is 461 g/mol. The van der Waals surface area contributed by atoms with Gasteiger partial charge in [-0.2, -0.15) is 0 Å². The number of benzene rings is 2. The monoisotopic (exact) mass is 460 g/mol. The summed E-state index contributed by atoms with van der Waals surface area (Å²) in [6.07, 6.45) is -0.778. The molecule has 2 unspecified atom stereocenters. The van der Waals surface area contributed by atoms with E-state index in [2.05, 4.69) is 5.32 Å². The Morgan fingerprint density at radius 3 is 2.47 bits per heavy atom. The van der Waals surface area contributed by atoms with Crippen LogP contribution in [-0.4, -0.2) is 67.8 Å². The molecule has 10 heteroatoms. The first-order valence-corrected chi connectivity index (χ1v) is 10.3. The third-order valence-electron chi connectivity index (χ3n) is 5.14. The van der Waals surface area contributed by atoms with Gasteiger partial charge < -0.3 is 25.0 Å². The molecule has 0 aromatic heterocycles. The first kappa shape index (κ1) is 23.4. The number of β-amino-alcohol motifs (C(OH)–C–C–N with tert-alkyl or cyclic N) is 1. The molecule has 0 saturated carbocycles. The van der Waals surface area contributed by atoms with Crippen LogP contribution in [0.15, 0.2) is 48.5 Å². The quantitative estimate of drug-likeness (QED) is 0.525. The number of halogens is 1. The van der Waals surface area contributed by atoms with E-state index in [1.807, 2.05) is 0 Å². The molecule has 3 rings (SSSR count). The summed E-state index contributed by atoms with van der Waals surface area (Å²) < 4.78 is 5.68. The number of likely N-dealkylation sites (tertiary alicyclic amines) is 1. The predicted octanol–water partition coefficient (Wildman–Crippen LogP) is 2.69. The van der Waals surface area contributed by atoms with Crippen molar-refractivity contribution in [1.82, 2.24) is 4.90 Å². The van der Waals surface area contributed by atoms with Gasteiger partial charge in [0.1, 0.15) is 6.04 Å². The molecule has 2 aromatic carbocycles. The van der Waals surface area contributed by atoms with E-state index in [4.69, 9.17) is 16.5 Å². The maximum atomic E-state index is 13.1. The lowest BCUT2D eigenvalue weighted by Crippen LogP contribution is -2.47. The lowest BCUT2D eigenvalue weighted by Gasteiger charge is -2.27. The van der Waals surface area contributed by atoms with Crippen LogP contribution < -0.4 is 14.6 Å². The summed E-state index contributed by atoms with van der Waals surface area (Å²) in [7, 11) is 4.83. The van der Waals surface area contributed by atoms with Crippen molar-refractivity contribution < 1.29 is 24.2 Å². The fraction of sp³-hybridized carbons (Fsp3) is 0.318. The van der Waals surface area contributed by atoms with Gasteiger partial charge in [-0.05, 0) is 30.3 Å². The van der Waals surface area contributed by atoms with Crippen LogP contribution in [-0.2, 0) is 9.53 Å². The summed E-state index contributed by atoms with van der Waals surface area (Å²) in [5.74, 6) is -0.966. The largest absolute Gasteiger partial charge is 0.465 e. The smallest absolute Gasteiger partial charge is 0.340 e. The first-order chi connectivity index (χ1) is 15.2. The highest BCUT2D eigenvalue weighted by molar-refractivity contribution is 6.36. The van der Waals surface area contributed by atoms with Gasteiger partial charge in [0, 0.05) is 38.8 Å². The van der Waals surface area contributed by atoms with Crippen molar-refractivity contribution in [3.05, 3.63) is 54.1 Å². The van der Waals surface area contributed by atoms with E-state index in [1.54, 1.807) is 61.5 Å². The van der Waals surface area contributed by atoms with Crippen molar-refractivity contribution in [3.63, 3.8) is 0 Å². The lowest BCUT2D eigenvalue weighted by molar-refractivity contribution is -0.119. The highest BCUT2D eigenvalue weighted by Crippen LogP contribution is 2.29. The number of nitrogens with zero attached hydrogens (tertiary/aromatic N) is 3. The standard InChI is InChI=1S/C22H25ClN4O5/c1-25(2)18-11-14(21(30)32-3)9-10-17(18)24-20(29)19-12-16(28)13-26(19)22(31)27(23)15-7-5-4-6-8-15/h4-11,16,19,28H,12-13H2,1-3H3,(H,24,29). The summed E-state index contributed by atoms with van der Waals surface area (Å²) >= 11 is 6.22. The van der Waals surface area contributed by atoms with E-state index in [1.165, 1.54) is 18.1 Å². The SMILES string of the molecule is COC(=O)c1ccc(NC(=O)C2CC(O)CN2C(=O)N(Cl)c2ccccc2)c(N(C)C)c1. The van der Waals surface area contributed by atoms with E-state index >= 15 is 0 Å². The Kier molecular flexibility index (Phi) is 7.22. The average Bonchev–Trinajstić information content (AvgIpc) is 3.20. The number of aliphatic hydroxyl groups is 1. The van der Waals surface area contributed by atoms with Gasteiger partial charge in [0.25, 0.3) is 0 Å². The zero-order valence-electron chi connectivity index (χ0n) is 18.0. The van der Waals surface area contributed by atoms with E-state index in [9.17, 15) is 19.5 Å². The van der Waals surface area contributed by atoms with Crippen molar-refractivity contribution in [2.75, 3.05) is 42.4 Å². The molecular weight excluding hydrogens is 436 g/mol. The van der Waals surface area contributed by atoms with Crippen LogP contribution in [0.4, 0.5) is 21.9 Å². The molecule has 170 valence electrons. The maximum Gasteiger partial charge on any atom is 0.340 e. The van der Waals surface area contributed by atoms with Crippen LogP contribution >= 0.6 is 11.8 Å². The zero-order valence-corrected chi connectivity index (χ0v) is 18.7. The zero-order chi connectivity index (χ0) is 23.4. The number of esters is 1. The van der Waals surface area contributed by atoms with Crippen LogP contribution in [0, 0.1) is 0 Å². The number of methoxy groups -OCH3 is 1. The van der Waals surface area contributed by atoms with Crippen molar-refractivity contribution in [1.29, 1.82) is 0 Å². The Hall–Kier alpha value is -3.30. The topological polar surface area (TPSA) is 102 Å². The van der Waals surface area contributed by atoms with Gasteiger partial charge >= 0.3 is 12.0 Å². The Morgan fingerprint density at radius 1 is 1.16 bits per heavy atom. The third-order valence-corrected chi connectivity index (χ3v) is 5.48. The Bertz CT molecular complexity index is 1000. The first-order valence-electron chi connectivity index (χ1n) is 9.93. The van der Waals surface area contributed by atoms with Gasteiger partial charge in [-0.15, -0.1) is 0 Å². The molecule has 0 spiro atoms. The van der Waals surface area contributed by atoms with Gasteiger partial charge in [-0.25, -0.2) is 14.0 Å². The molecule has 2 atom stereocenters. The van der Waals surface area contributed by atoms with Crippen LogP contribution in [0.25, 0.3) is 0 Å². The molecule has 1 fully saturated rings. The number of nitrogens with one attached hydrogen (secondary N) is 1. The second kappa shape index (κ2) is 9.88. The number of hydrogen-bond donors (Lipinski definition) is 2. The van der Waals surface area contributed by atoms with E-state index in [-0.39, 0.29) is 13.0 Å². The highest BCUT2D eigenvalue weighted by atomic mass is 35.5. The number of hydrogen-bond acceptors (Lipinski definition) is 6. The molecule has 1 saturated heterocycles. The summed E-state index contributed by atoms with van der Waals surface area (Å²) in [5, 5.41) is 13.0. The van der Waals surface area contributed by atoms with Gasteiger partial charge in [-0.3, -0.25) is 4.79 Å². The normalized spacial score (nSPS) is 17.6. The van der Waals surface area contributed by atoms with E-state index < -0.39 is 30.1 Å². The maximum absolute atomic E-state index is 13.1. The van der Waals surface area contributed by atoms with Crippen molar-refractivity contribution >= 4 is 46.7 Å². The van der Waals surface area contributed by atoms with Crippen molar-refractivity contribution in [3.8, 4) is 0 Å². The van der Waals surface area contributed by atoms with Crippen LogP contribution in [0.3, 0.4) is 0 Å². The molecule has 2 N–H and O–H groups in total. The second-order valence-corrected chi connectivity index (χ2v) is 7.90. The molecule has 32 heavy (non-hydrogen) atoms. The molecule has 3 amide bonds. The number of ether oxygens (including phenoxy) is 1. The van der Waals surface area contributed by atoms with E-state index in [0.29, 0.717) is 22.6 Å². The minimum atomic E-state index is -0.919. The molecule has 1 aliphatic rings. The Morgan fingerprint density at radius 2 is 1.84 bits per heavy atom. The molecule has 2 aromatic rings. The van der Waals surface area contributed by atoms with Gasteiger partial charge in [-0.1, -0.05) is 18.2 Å². The summed E-state index contributed by atoms with van der Waals surface area (Å²) in [5.41, 5.74) is 1.82. The molecule has 1 aliphatic heterocycles. The Balaban J connectivity index is 1.81. The summed E-state index contributed by atoms with van der Waals surface area (Å²) in [6.45, 7) is -0.0191. The molecule has 0 radical (unpaired) electrons. The molecule has 9 nitrogen and oxygen atoms in total. The number of para-hydroxylation sites is 1. The van der Waals surface area contributed by atoms with Crippen LogP contribution in [0.2, 0.25) is 0 Å². The minimum absolute atomic E-state index is 0.0191. The minimum Gasteiger partial charge on any atom is -0.465 e. The number of carbonyl (C=O) groups excluding carboxylic acids is 3. The number of aliphatic hydroxyl groups excluding tert-OH is 1. The van der Waals surface area contributed by atoms with Crippen molar-refractivity contribution in [2.24, 2.45) is 0 Å². The number of urea groups is 1. The molecular formula is C22H25ClN4O5. The predicted molar refractivity (Wildman–Crippen MR) is 122 cm³/mol. The number of carbonyl (C=O) groups is 3. The Labute approximate surface area is 191 Å². The number of anilines is 3.